The zero-order valence-electron chi connectivity index (χ0n) is 27.9. The van der Waals surface area contributed by atoms with Crippen molar-refractivity contribution in [2.75, 3.05) is 67.3 Å². The highest BCUT2D eigenvalue weighted by Gasteiger charge is 2.57. The van der Waals surface area contributed by atoms with Crippen molar-refractivity contribution >= 4 is 0 Å². The van der Waals surface area contributed by atoms with Gasteiger partial charge in [0.25, 0.3) is 0 Å². The minimum absolute atomic E-state index is 0.289. The topological polar surface area (TPSA) is 64.6 Å². The maximum absolute atomic E-state index is 6.05. The van der Waals surface area contributed by atoms with Gasteiger partial charge in [0, 0.05) is 20.8 Å². The number of hydrogen-bond donors (Lipinski definition) is 0. The third kappa shape index (κ3) is 9.09. The van der Waals surface area contributed by atoms with Crippen molar-refractivity contribution in [3.63, 3.8) is 0 Å². The summed E-state index contributed by atoms with van der Waals surface area (Å²) in [7, 11) is 3.59. The molecule has 0 aliphatic heterocycles. The first kappa shape index (κ1) is 34.3. The van der Waals surface area contributed by atoms with Gasteiger partial charge in [0.1, 0.15) is 5.75 Å². The van der Waals surface area contributed by atoms with E-state index in [0.29, 0.717) is 69.6 Å². The van der Waals surface area contributed by atoms with Gasteiger partial charge in [0.05, 0.1) is 52.4 Å². The van der Waals surface area contributed by atoms with E-state index in [9.17, 15) is 0 Å². The highest BCUT2D eigenvalue weighted by Crippen LogP contribution is 2.63. The molecule has 250 valence electrons. The van der Waals surface area contributed by atoms with Crippen LogP contribution in [0.3, 0.4) is 0 Å². The van der Waals surface area contributed by atoms with Crippen molar-refractivity contribution in [3.8, 4) is 5.75 Å². The molecule has 0 heterocycles. The van der Waals surface area contributed by atoms with Gasteiger partial charge in [-0.3, -0.25) is 0 Å². The summed E-state index contributed by atoms with van der Waals surface area (Å²) < 4.78 is 39.9. The fraction of sp³-hybridized carbons (Fsp3) is 0.684. The number of unbranched alkanes of at least 4 members (excludes halogenated alkanes) is 1. The third-order valence-corrected chi connectivity index (χ3v) is 10.8. The van der Waals surface area contributed by atoms with Crippen molar-refractivity contribution in [2.45, 2.75) is 76.9 Å². The van der Waals surface area contributed by atoms with Crippen molar-refractivity contribution in [2.24, 2.45) is 23.2 Å². The van der Waals surface area contributed by atoms with Crippen molar-refractivity contribution in [3.05, 3.63) is 65.2 Å². The van der Waals surface area contributed by atoms with Crippen molar-refractivity contribution < 1.29 is 33.2 Å². The number of hydrogen-bond acceptors (Lipinski definition) is 7. The molecule has 0 bridgehead atoms. The lowest BCUT2D eigenvalue weighted by molar-refractivity contribution is -0.0573. The minimum atomic E-state index is 0.289. The molecule has 0 N–H and O–H groups in total. The molecule has 2 saturated carbocycles. The second-order valence-corrected chi connectivity index (χ2v) is 13.4. The largest absolute Gasteiger partial charge is 0.468 e. The second kappa shape index (κ2) is 17.8. The van der Waals surface area contributed by atoms with Gasteiger partial charge in [-0.2, -0.15) is 0 Å². The van der Waals surface area contributed by atoms with Crippen LogP contribution in [0.4, 0.5) is 0 Å². The second-order valence-electron chi connectivity index (χ2n) is 13.4. The van der Waals surface area contributed by atoms with Gasteiger partial charge in [0.2, 0.25) is 0 Å². The Morgan fingerprint density at radius 1 is 0.778 bits per heavy atom. The number of ether oxygens (including phenoxy) is 7. The van der Waals surface area contributed by atoms with Gasteiger partial charge in [-0.15, -0.1) is 0 Å². The van der Waals surface area contributed by atoms with Crippen molar-refractivity contribution in [1.82, 2.24) is 0 Å². The lowest BCUT2D eigenvalue weighted by Gasteiger charge is -2.53. The Labute approximate surface area is 271 Å². The molecule has 2 aromatic carbocycles. The molecule has 6 atom stereocenters. The SMILES string of the molecule is COCOc1ccc2c(c1)C[C@@H](CCCCOCCOCCOCCOCc1ccccc1)C1C2CCC2(C)C(OC)CCC12. The Bertz CT molecular complexity index is 1130. The molecule has 0 spiro atoms. The monoisotopic (exact) mass is 624 g/mol. The van der Waals surface area contributed by atoms with Crippen LogP contribution in [0, 0.1) is 23.2 Å². The summed E-state index contributed by atoms with van der Waals surface area (Å²) in [5, 5.41) is 0. The van der Waals surface area contributed by atoms with Crippen molar-refractivity contribution in [1.29, 1.82) is 0 Å². The molecule has 0 radical (unpaired) electrons. The van der Waals surface area contributed by atoms with Gasteiger partial charge in [-0.25, -0.2) is 0 Å². The van der Waals surface area contributed by atoms with Crippen LogP contribution in [0.25, 0.3) is 0 Å². The molecule has 2 aromatic rings. The first-order valence-corrected chi connectivity index (χ1v) is 17.3. The van der Waals surface area contributed by atoms with Gasteiger partial charge < -0.3 is 33.2 Å². The summed E-state index contributed by atoms with van der Waals surface area (Å²) in [6.07, 6.45) is 10.1. The van der Waals surface area contributed by atoms with E-state index >= 15 is 0 Å². The zero-order valence-corrected chi connectivity index (χ0v) is 27.9. The minimum Gasteiger partial charge on any atom is -0.468 e. The number of rotatable bonds is 20. The first-order valence-electron chi connectivity index (χ1n) is 17.3. The molecule has 0 aromatic heterocycles. The molecule has 5 unspecified atom stereocenters. The van der Waals surface area contributed by atoms with Crippen LogP contribution in [0.2, 0.25) is 0 Å². The first-order chi connectivity index (χ1) is 22.1. The third-order valence-electron chi connectivity index (χ3n) is 10.8. The Kier molecular flexibility index (Phi) is 13.6. The standard InChI is InChI=1S/C38H56O7/c1-38-17-16-34-33-13-12-32(45-28-39-2)26-31(33)25-30(37(34)35(38)14-15-36(38)40-3)11-7-8-18-41-19-20-42-21-22-43-23-24-44-27-29-9-5-4-6-10-29/h4-6,9-10,12-13,26,30,34-37H,7-8,11,14-25,27-28H2,1-3H3/t30-,34?,35?,36?,37?,38?/m1/s1. The highest BCUT2D eigenvalue weighted by molar-refractivity contribution is 5.41. The smallest absolute Gasteiger partial charge is 0.188 e. The van der Waals surface area contributed by atoms with E-state index in [1.54, 1.807) is 12.7 Å². The highest BCUT2D eigenvalue weighted by atomic mass is 16.7. The molecule has 3 aliphatic rings. The lowest BCUT2D eigenvalue weighted by atomic mass is 9.52. The molecule has 7 nitrogen and oxygen atoms in total. The summed E-state index contributed by atoms with van der Waals surface area (Å²) in [5.41, 5.74) is 4.53. The fourth-order valence-electron chi connectivity index (χ4n) is 8.64. The van der Waals surface area contributed by atoms with E-state index in [1.807, 2.05) is 25.3 Å². The van der Waals surface area contributed by atoms with Crippen LogP contribution < -0.4 is 4.74 Å². The lowest BCUT2D eigenvalue weighted by Crippen LogP contribution is -2.47. The molecule has 2 fully saturated rings. The Balaban J connectivity index is 0.995. The van der Waals surface area contributed by atoms with E-state index in [1.165, 1.54) is 49.7 Å². The van der Waals surface area contributed by atoms with Crippen LogP contribution in [0.15, 0.2) is 48.5 Å². The summed E-state index contributed by atoms with van der Waals surface area (Å²) in [6, 6.07) is 17.0. The van der Waals surface area contributed by atoms with Crippen LogP contribution >= 0.6 is 0 Å². The van der Waals surface area contributed by atoms with E-state index in [2.05, 4.69) is 37.3 Å². The molecule has 3 aliphatic carbocycles. The van der Waals surface area contributed by atoms with Gasteiger partial charge in [-0.1, -0.05) is 49.7 Å². The average Bonchev–Trinajstić information content (AvgIpc) is 3.41. The van der Waals surface area contributed by atoms with Gasteiger partial charge >= 0.3 is 0 Å². The predicted octanol–water partition coefficient (Wildman–Crippen LogP) is 7.20. The molecule has 7 heteroatoms. The van der Waals surface area contributed by atoms with Crippen LogP contribution in [-0.2, 0) is 41.4 Å². The molecular formula is C38H56O7. The Morgan fingerprint density at radius 3 is 2.24 bits per heavy atom. The zero-order chi connectivity index (χ0) is 31.3. The molecule has 5 rings (SSSR count). The average molecular weight is 625 g/mol. The summed E-state index contributed by atoms with van der Waals surface area (Å²) >= 11 is 0. The number of fused-ring (bicyclic) bond motifs is 5. The quantitative estimate of drug-likeness (QED) is 0.114. The maximum atomic E-state index is 6.05. The van der Waals surface area contributed by atoms with Crippen LogP contribution in [0.1, 0.15) is 74.5 Å². The number of benzene rings is 2. The molecule has 0 saturated heterocycles. The fourth-order valence-corrected chi connectivity index (χ4v) is 8.64. The van der Waals surface area contributed by atoms with Gasteiger partial charge in [0.15, 0.2) is 6.79 Å². The van der Waals surface area contributed by atoms with Crippen LogP contribution in [-0.4, -0.2) is 73.4 Å². The van der Waals surface area contributed by atoms with Crippen LogP contribution in [0.5, 0.6) is 5.75 Å². The summed E-state index contributed by atoms with van der Waals surface area (Å²) in [4.78, 5) is 0. The molecular weight excluding hydrogens is 568 g/mol. The summed E-state index contributed by atoms with van der Waals surface area (Å²) in [5.74, 6) is 3.72. The van der Waals surface area contributed by atoms with E-state index in [-0.39, 0.29) is 6.79 Å². The van der Waals surface area contributed by atoms with E-state index < -0.39 is 0 Å². The van der Waals surface area contributed by atoms with Gasteiger partial charge in [-0.05, 0) is 103 Å². The Morgan fingerprint density at radius 2 is 1.51 bits per heavy atom. The molecule has 45 heavy (non-hydrogen) atoms. The summed E-state index contributed by atoms with van der Waals surface area (Å²) in [6.45, 7) is 7.77. The predicted molar refractivity (Wildman–Crippen MR) is 176 cm³/mol. The maximum Gasteiger partial charge on any atom is 0.188 e. The van der Waals surface area contributed by atoms with E-state index in [0.717, 1.165) is 37.0 Å². The Hall–Kier alpha value is -2.00. The number of methoxy groups -OCH3 is 2. The molecule has 0 amide bonds. The normalized spacial score (nSPS) is 27.1. The van der Waals surface area contributed by atoms with E-state index in [4.69, 9.17) is 33.2 Å².